The number of hydrogen-bond donors (Lipinski definition) is 1. The minimum atomic E-state index is -0.683. The molecule has 8 nitrogen and oxygen atoms in total. The summed E-state index contributed by atoms with van der Waals surface area (Å²) in [4.78, 5) is 38.5. The van der Waals surface area contributed by atoms with Crippen LogP contribution in [0.1, 0.15) is 29.8 Å². The molecule has 1 aliphatic heterocycles. The predicted molar refractivity (Wildman–Crippen MR) is 103 cm³/mol. The highest BCUT2D eigenvalue weighted by atomic mass is 16.5. The van der Waals surface area contributed by atoms with Gasteiger partial charge in [0.25, 0.3) is 5.91 Å². The molecular formula is C20H26N2O6. The highest BCUT2D eigenvalue weighted by molar-refractivity contribution is 6.04. The summed E-state index contributed by atoms with van der Waals surface area (Å²) in [5, 5.41) is 2.86. The van der Waals surface area contributed by atoms with Crippen LogP contribution in [0, 0.1) is 12.8 Å². The molecule has 1 aromatic rings. The van der Waals surface area contributed by atoms with Crippen molar-refractivity contribution in [3.05, 3.63) is 40.6 Å². The second-order valence-electron chi connectivity index (χ2n) is 6.82. The molecule has 0 atom stereocenters. The van der Waals surface area contributed by atoms with E-state index in [1.54, 1.807) is 18.2 Å². The van der Waals surface area contributed by atoms with E-state index in [4.69, 9.17) is 14.2 Å². The number of esters is 2. The number of anilines is 1. The van der Waals surface area contributed by atoms with Gasteiger partial charge in [0, 0.05) is 17.8 Å². The third-order valence-electron chi connectivity index (χ3n) is 4.27. The predicted octanol–water partition coefficient (Wildman–Crippen LogP) is 1.78. The molecule has 1 aliphatic rings. The van der Waals surface area contributed by atoms with Crippen LogP contribution in [-0.2, 0) is 23.8 Å². The van der Waals surface area contributed by atoms with Gasteiger partial charge in [0.15, 0.2) is 0 Å². The highest BCUT2D eigenvalue weighted by Gasteiger charge is 2.33. The van der Waals surface area contributed by atoms with E-state index in [0.29, 0.717) is 23.7 Å². The fraction of sp³-hybridized carbons (Fsp3) is 0.450. The average molecular weight is 390 g/mol. The zero-order chi connectivity index (χ0) is 20.8. The molecule has 152 valence electrons. The van der Waals surface area contributed by atoms with Crippen LogP contribution in [0.15, 0.2) is 29.5 Å². The Bertz CT molecular complexity index is 800. The largest absolute Gasteiger partial charge is 0.466 e. The van der Waals surface area contributed by atoms with Crippen LogP contribution >= 0.6 is 0 Å². The summed E-state index contributed by atoms with van der Waals surface area (Å²) in [5.41, 5.74) is 1.92. The molecule has 8 heteroatoms. The van der Waals surface area contributed by atoms with Crippen LogP contribution in [0.2, 0.25) is 0 Å². The van der Waals surface area contributed by atoms with Crippen molar-refractivity contribution >= 4 is 23.5 Å². The smallest absolute Gasteiger partial charge is 0.355 e. The third-order valence-corrected chi connectivity index (χ3v) is 4.27. The summed E-state index contributed by atoms with van der Waals surface area (Å²) >= 11 is 0. The second kappa shape index (κ2) is 9.36. The summed E-state index contributed by atoms with van der Waals surface area (Å²) in [6, 6.07) is 5.15. The molecule has 2 rings (SSSR count). The van der Waals surface area contributed by atoms with E-state index in [2.05, 4.69) is 5.32 Å². The maximum absolute atomic E-state index is 12.4. The van der Waals surface area contributed by atoms with Crippen molar-refractivity contribution < 1.29 is 28.6 Å². The van der Waals surface area contributed by atoms with E-state index >= 15 is 0 Å². The summed E-state index contributed by atoms with van der Waals surface area (Å²) in [6.07, 6.45) is 0. The summed E-state index contributed by atoms with van der Waals surface area (Å²) in [5.74, 6) is -1.25. The monoisotopic (exact) mass is 390 g/mol. The molecule has 0 fully saturated rings. The van der Waals surface area contributed by atoms with Crippen molar-refractivity contribution in [3.63, 3.8) is 0 Å². The third kappa shape index (κ3) is 4.69. The molecule has 1 amide bonds. The average Bonchev–Trinajstić information content (AvgIpc) is 2.70. The molecule has 0 saturated heterocycles. The normalized spacial score (nSPS) is 14.1. The van der Waals surface area contributed by atoms with Crippen LogP contribution in [0.3, 0.4) is 0 Å². The number of ether oxygens (including phenoxy) is 3. The van der Waals surface area contributed by atoms with Gasteiger partial charge in [-0.3, -0.25) is 4.79 Å². The number of benzene rings is 1. The first-order valence-corrected chi connectivity index (χ1v) is 8.94. The first-order valence-electron chi connectivity index (χ1n) is 8.94. The maximum atomic E-state index is 12.4. The molecule has 1 N–H and O–H groups in total. The van der Waals surface area contributed by atoms with Crippen LogP contribution in [0.25, 0.3) is 0 Å². The van der Waals surface area contributed by atoms with Crippen LogP contribution in [0.5, 0.6) is 0 Å². The number of nitrogens with zero attached hydrogens (tertiary/aromatic N) is 1. The minimum Gasteiger partial charge on any atom is -0.466 e. The van der Waals surface area contributed by atoms with Gasteiger partial charge in [-0.15, -0.1) is 0 Å². The topological polar surface area (TPSA) is 94.2 Å². The van der Waals surface area contributed by atoms with Gasteiger partial charge in [-0.05, 0) is 30.5 Å². The Morgan fingerprint density at radius 1 is 1.18 bits per heavy atom. The van der Waals surface area contributed by atoms with Crippen molar-refractivity contribution in [1.82, 2.24) is 5.32 Å². The zero-order valence-electron chi connectivity index (χ0n) is 16.8. The van der Waals surface area contributed by atoms with Crippen molar-refractivity contribution in [1.29, 1.82) is 0 Å². The highest BCUT2D eigenvalue weighted by Crippen LogP contribution is 2.30. The lowest BCUT2D eigenvalue weighted by Crippen LogP contribution is -2.39. The Labute approximate surface area is 164 Å². The number of carbonyl (C=O) groups is 3. The van der Waals surface area contributed by atoms with Gasteiger partial charge in [0.05, 0.1) is 26.4 Å². The van der Waals surface area contributed by atoms with E-state index < -0.39 is 11.9 Å². The van der Waals surface area contributed by atoms with Crippen LogP contribution in [-0.4, -0.2) is 51.9 Å². The zero-order valence-corrected chi connectivity index (χ0v) is 16.8. The van der Waals surface area contributed by atoms with Crippen molar-refractivity contribution in [2.45, 2.75) is 20.8 Å². The lowest BCUT2D eigenvalue weighted by Gasteiger charge is -2.32. The fourth-order valence-electron chi connectivity index (χ4n) is 2.77. The Balaban J connectivity index is 2.49. The first-order chi connectivity index (χ1) is 13.3. The van der Waals surface area contributed by atoms with Gasteiger partial charge in [-0.1, -0.05) is 19.9 Å². The molecule has 0 saturated carbocycles. The Morgan fingerprint density at radius 3 is 2.46 bits per heavy atom. The van der Waals surface area contributed by atoms with E-state index in [9.17, 15) is 14.4 Å². The molecule has 1 heterocycles. The number of aryl methyl sites for hydroxylation is 1. The van der Waals surface area contributed by atoms with E-state index in [1.165, 1.54) is 19.1 Å². The Hall–Kier alpha value is -2.87. The van der Waals surface area contributed by atoms with E-state index in [1.807, 2.05) is 20.8 Å². The Kier molecular flexibility index (Phi) is 7.17. The molecule has 1 aromatic carbocycles. The van der Waals surface area contributed by atoms with E-state index in [0.717, 1.165) is 5.56 Å². The standard InChI is InChI=1S/C20H26N2O6/c1-12(2)9-21-18(23)14-7-6-13(3)16(8-14)22-11-28-10-15(19(24)26-4)17(22)20(25)27-5/h6-8,12H,9-11H2,1-5H3,(H,21,23). The SMILES string of the molecule is COC(=O)C1=C(C(=O)OC)N(c2cc(C(=O)NCC(C)C)ccc2C)COC1. The van der Waals surface area contributed by atoms with Crippen molar-refractivity contribution in [3.8, 4) is 0 Å². The lowest BCUT2D eigenvalue weighted by atomic mass is 10.1. The van der Waals surface area contributed by atoms with Crippen LogP contribution < -0.4 is 10.2 Å². The maximum Gasteiger partial charge on any atom is 0.355 e. The lowest BCUT2D eigenvalue weighted by molar-refractivity contribution is -0.140. The fourth-order valence-corrected chi connectivity index (χ4v) is 2.77. The number of hydrogen-bond acceptors (Lipinski definition) is 7. The second-order valence-corrected chi connectivity index (χ2v) is 6.82. The summed E-state index contributed by atoms with van der Waals surface area (Å²) in [6.45, 7) is 6.37. The molecular weight excluding hydrogens is 364 g/mol. The molecule has 0 bridgehead atoms. The number of rotatable bonds is 6. The number of methoxy groups -OCH3 is 2. The minimum absolute atomic E-state index is 0.0306. The van der Waals surface area contributed by atoms with Gasteiger partial charge in [-0.25, -0.2) is 9.59 Å². The molecule has 0 aliphatic carbocycles. The molecule has 0 aromatic heterocycles. The van der Waals surface area contributed by atoms with Gasteiger partial charge in [0.1, 0.15) is 12.4 Å². The quantitative estimate of drug-likeness (QED) is 0.740. The van der Waals surface area contributed by atoms with Crippen LogP contribution in [0.4, 0.5) is 5.69 Å². The molecule has 0 unspecified atom stereocenters. The van der Waals surface area contributed by atoms with Crippen molar-refractivity contribution in [2.24, 2.45) is 5.92 Å². The van der Waals surface area contributed by atoms with Gasteiger partial charge < -0.3 is 24.4 Å². The number of carbonyl (C=O) groups excluding carboxylic acids is 3. The van der Waals surface area contributed by atoms with Gasteiger partial charge >= 0.3 is 11.9 Å². The number of amides is 1. The van der Waals surface area contributed by atoms with Gasteiger partial charge in [0.2, 0.25) is 0 Å². The molecule has 28 heavy (non-hydrogen) atoms. The van der Waals surface area contributed by atoms with E-state index in [-0.39, 0.29) is 30.5 Å². The van der Waals surface area contributed by atoms with Crippen molar-refractivity contribution in [2.75, 3.05) is 39.0 Å². The Morgan fingerprint density at radius 2 is 1.86 bits per heavy atom. The molecule has 0 spiro atoms. The summed E-state index contributed by atoms with van der Waals surface area (Å²) in [7, 11) is 2.47. The first kappa shape index (κ1) is 21.4. The summed E-state index contributed by atoms with van der Waals surface area (Å²) < 4.78 is 15.1. The van der Waals surface area contributed by atoms with Gasteiger partial charge in [-0.2, -0.15) is 0 Å². The molecule has 0 radical (unpaired) electrons. The number of nitrogens with one attached hydrogen (secondary N) is 1.